The number of anilines is 1. The fraction of sp³-hybridized carbons (Fsp3) is 0.267. The van der Waals surface area contributed by atoms with Crippen LogP contribution in [0.4, 0.5) is 5.69 Å². The van der Waals surface area contributed by atoms with Crippen molar-refractivity contribution in [1.29, 1.82) is 0 Å². The first-order valence-corrected chi connectivity index (χ1v) is 12.6. The molecule has 1 aliphatic heterocycles. The number of fused-ring (bicyclic) bond motifs is 2. The summed E-state index contributed by atoms with van der Waals surface area (Å²) in [4.78, 5) is 29.2. The number of ether oxygens (including phenoxy) is 2. The van der Waals surface area contributed by atoms with Crippen molar-refractivity contribution in [2.75, 3.05) is 18.6 Å². The second kappa shape index (κ2) is 9.94. The third-order valence-corrected chi connectivity index (χ3v) is 6.80. The van der Waals surface area contributed by atoms with Gasteiger partial charge in [0.1, 0.15) is 5.58 Å². The number of methoxy groups -OCH3 is 1. The smallest absolute Gasteiger partial charge is 0.295 e. The van der Waals surface area contributed by atoms with E-state index in [9.17, 15) is 9.59 Å². The van der Waals surface area contributed by atoms with Gasteiger partial charge in [0, 0.05) is 10.7 Å². The van der Waals surface area contributed by atoms with Gasteiger partial charge in [-0.1, -0.05) is 43.6 Å². The number of benzene rings is 3. The maximum absolute atomic E-state index is 13.8. The van der Waals surface area contributed by atoms with E-state index in [4.69, 9.17) is 25.5 Å². The number of amides is 1. The summed E-state index contributed by atoms with van der Waals surface area (Å²) in [5.74, 6) is 1.30. The Morgan fingerprint density at radius 1 is 1.03 bits per heavy atom. The molecular weight excluding hydrogens is 490 g/mol. The first-order chi connectivity index (χ1) is 17.8. The van der Waals surface area contributed by atoms with Crippen LogP contribution in [0.5, 0.6) is 11.5 Å². The lowest BCUT2D eigenvalue weighted by molar-refractivity contribution is 0.0971. The van der Waals surface area contributed by atoms with Crippen LogP contribution >= 0.6 is 11.6 Å². The fourth-order valence-electron chi connectivity index (χ4n) is 4.68. The number of nitrogens with zero attached hydrogens (tertiary/aromatic N) is 1. The second-order valence-corrected chi connectivity index (χ2v) is 10.1. The van der Waals surface area contributed by atoms with Gasteiger partial charge in [0.05, 0.1) is 30.7 Å². The molecule has 1 aliphatic rings. The van der Waals surface area contributed by atoms with Crippen molar-refractivity contribution >= 4 is 34.2 Å². The SMILES string of the molecule is COc1cc(C2c3c(oc4ccc(Cl)cc4c3=O)C(=O)N2c2cccc(C)c2)ccc1OCCC(C)C. The summed E-state index contributed by atoms with van der Waals surface area (Å²) in [6, 6.07) is 17.2. The Hall–Kier alpha value is -3.77. The molecule has 0 saturated carbocycles. The van der Waals surface area contributed by atoms with Gasteiger partial charge in [0.25, 0.3) is 5.91 Å². The van der Waals surface area contributed by atoms with E-state index in [0.717, 1.165) is 12.0 Å². The molecule has 0 bridgehead atoms. The number of hydrogen-bond donors (Lipinski definition) is 0. The molecule has 190 valence electrons. The van der Waals surface area contributed by atoms with Gasteiger partial charge < -0.3 is 13.9 Å². The third kappa shape index (κ3) is 4.58. The normalized spacial score (nSPS) is 14.9. The predicted molar refractivity (Wildman–Crippen MR) is 145 cm³/mol. The largest absolute Gasteiger partial charge is 0.493 e. The van der Waals surface area contributed by atoms with Crippen LogP contribution in [0, 0.1) is 12.8 Å². The molecule has 6 nitrogen and oxygen atoms in total. The molecular formula is C30H28ClNO5. The Labute approximate surface area is 220 Å². The van der Waals surface area contributed by atoms with Crippen molar-refractivity contribution in [3.63, 3.8) is 0 Å². The summed E-state index contributed by atoms with van der Waals surface area (Å²) in [7, 11) is 1.57. The van der Waals surface area contributed by atoms with Crippen LogP contribution < -0.4 is 19.8 Å². The molecule has 0 spiro atoms. The van der Waals surface area contributed by atoms with Crippen molar-refractivity contribution in [3.8, 4) is 11.5 Å². The van der Waals surface area contributed by atoms with Crippen LogP contribution in [0.2, 0.25) is 5.02 Å². The highest BCUT2D eigenvalue weighted by molar-refractivity contribution is 6.31. The summed E-state index contributed by atoms with van der Waals surface area (Å²) in [5, 5.41) is 0.747. The molecule has 4 aromatic rings. The minimum Gasteiger partial charge on any atom is -0.493 e. The Balaban J connectivity index is 1.69. The first kappa shape index (κ1) is 24.9. The maximum atomic E-state index is 13.8. The minimum atomic E-state index is -0.720. The summed E-state index contributed by atoms with van der Waals surface area (Å²) in [5.41, 5.74) is 2.66. The highest BCUT2D eigenvalue weighted by atomic mass is 35.5. The summed E-state index contributed by atoms with van der Waals surface area (Å²) >= 11 is 6.20. The van der Waals surface area contributed by atoms with E-state index in [1.54, 1.807) is 30.2 Å². The molecule has 0 N–H and O–H groups in total. The van der Waals surface area contributed by atoms with Gasteiger partial charge in [-0.3, -0.25) is 14.5 Å². The molecule has 1 atom stereocenters. The van der Waals surface area contributed by atoms with Crippen LogP contribution in [0.25, 0.3) is 11.0 Å². The average molecular weight is 518 g/mol. The average Bonchev–Trinajstić information content (AvgIpc) is 3.17. The van der Waals surface area contributed by atoms with Crippen molar-refractivity contribution in [3.05, 3.63) is 98.4 Å². The topological polar surface area (TPSA) is 69.0 Å². The quantitative estimate of drug-likeness (QED) is 0.265. The zero-order valence-corrected chi connectivity index (χ0v) is 22.0. The van der Waals surface area contributed by atoms with Crippen molar-refractivity contribution in [2.24, 2.45) is 5.92 Å². The van der Waals surface area contributed by atoms with Gasteiger partial charge in [-0.05, 0) is 72.9 Å². The van der Waals surface area contributed by atoms with E-state index in [2.05, 4.69) is 13.8 Å². The number of carbonyl (C=O) groups excluding carboxylic acids is 1. The Bertz CT molecular complexity index is 1560. The number of aryl methyl sites for hydroxylation is 1. The molecule has 3 aromatic carbocycles. The van der Waals surface area contributed by atoms with E-state index in [0.29, 0.717) is 51.3 Å². The molecule has 1 amide bonds. The number of hydrogen-bond acceptors (Lipinski definition) is 5. The van der Waals surface area contributed by atoms with E-state index >= 15 is 0 Å². The zero-order valence-electron chi connectivity index (χ0n) is 21.2. The summed E-state index contributed by atoms with van der Waals surface area (Å²) < 4.78 is 17.7. The van der Waals surface area contributed by atoms with Crippen LogP contribution in [-0.4, -0.2) is 19.6 Å². The van der Waals surface area contributed by atoms with Gasteiger partial charge in [-0.2, -0.15) is 0 Å². The van der Waals surface area contributed by atoms with E-state index in [-0.39, 0.29) is 22.7 Å². The Kier molecular flexibility index (Phi) is 6.69. The molecule has 7 heteroatoms. The monoisotopic (exact) mass is 517 g/mol. The van der Waals surface area contributed by atoms with Crippen LogP contribution in [-0.2, 0) is 0 Å². The highest BCUT2D eigenvalue weighted by Crippen LogP contribution is 2.43. The lowest BCUT2D eigenvalue weighted by Crippen LogP contribution is -2.29. The highest BCUT2D eigenvalue weighted by Gasteiger charge is 2.44. The van der Waals surface area contributed by atoms with Gasteiger partial charge >= 0.3 is 0 Å². The molecule has 1 aromatic heterocycles. The first-order valence-electron chi connectivity index (χ1n) is 12.3. The Morgan fingerprint density at radius 3 is 2.57 bits per heavy atom. The Morgan fingerprint density at radius 2 is 1.84 bits per heavy atom. The molecule has 5 rings (SSSR count). The summed E-state index contributed by atoms with van der Waals surface area (Å²) in [6.07, 6.45) is 0.910. The third-order valence-electron chi connectivity index (χ3n) is 6.57. The molecule has 1 unspecified atom stereocenters. The van der Waals surface area contributed by atoms with Gasteiger partial charge in [-0.25, -0.2) is 0 Å². The van der Waals surface area contributed by atoms with Crippen molar-refractivity contribution in [2.45, 2.75) is 33.2 Å². The van der Waals surface area contributed by atoms with Crippen LogP contribution in [0.15, 0.2) is 69.9 Å². The number of rotatable bonds is 7. The number of carbonyl (C=O) groups is 1. The molecule has 0 aliphatic carbocycles. The van der Waals surface area contributed by atoms with Gasteiger partial charge in [0.2, 0.25) is 5.76 Å². The molecule has 0 fully saturated rings. The number of halogens is 1. The lowest BCUT2D eigenvalue weighted by atomic mass is 9.97. The van der Waals surface area contributed by atoms with Crippen molar-refractivity contribution in [1.82, 2.24) is 0 Å². The fourth-order valence-corrected chi connectivity index (χ4v) is 4.85. The molecule has 2 heterocycles. The van der Waals surface area contributed by atoms with Gasteiger partial charge in [-0.15, -0.1) is 0 Å². The van der Waals surface area contributed by atoms with Crippen LogP contribution in [0.3, 0.4) is 0 Å². The van der Waals surface area contributed by atoms with E-state index in [1.807, 2.05) is 49.4 Å². The standard InChI is InChI=1S/C30H28ClNO5/c1-17(2)12-13-36-24-10-8-19(15-25(24)35-4)27-26-28(33)22-16-20(31)9-11-23(22)37-29(26)30(34)32(27)21-7-5-6-18(3)14-21/h5-11,14-17,27H,12-13H2,1-4H3. The minimum absolute atomic E-state index is 0.0301. The van der Waals surface area contributed by atoms with E-state index in [1.165, 1.54) is 0 Å². The lowest BCUT2D eigenvalue weighted by Gasteiger charge is -2.26. The van der Waals surface area contributed by atoms with E-state index < -0.39 is 6.04 Å². The summed E-state index contributed by atoms with van der Waals surface area (Å²) in [6.45, 7) is 6.79. The maximum Gasteiger partial charge on any atom is 0.295 e. The van der Waals surface area contributed by atoms with Crippen LogP contribution in [0.1, 0.15) is 53.6 Å². The second-order valence-electron chi connectivity index (χ2n) is 9.67. The molecule has 0 radical (unpaired) electrons. The van der Waals surface area contributed by atoms with Crippen molar-refractivity contribution < 1.29 is 18.7 Å². The molecule has 0 saturated heterocycles. The predicted octanol–water partition coefficient (Wildman–Crippen LogP) is 6.94. The zero-order chi connectivity index (χ0) is 26.3. The van der Waals surface area contributed by atoms with Gasteiger partial charge in [0.15, 0.2) is 16.9 Å². The molecule has 37 heavy (non-hydrogen) atoms.